The lowest BCUT2D eigenvalue weighted by atomic mass is 10.1. The van der Waals surface area contributed by atoms with E-state index in [4.69, 9.17) is 4.74 Å². The van der Waals surface area contributed by atoms with Gasteiger partial charge in [0, 0.05) is 11.6 Å². The summed E-state index contributed by atoms with van der Waals surface area (Å²) in [5, 5.41) is 2.67. The van der Waals surface area contributed by atoms with E-state index in [1.165, 1.54) is 6.07 Å². The second-order valence-corrected chi connectivity index (χ2v) is 5.33. The van der Waals surface area contributed by atoms with Gasteiger partial charge in [-0.1, -0.05) is 36.4 Å². The Morgan fingerprint density at radius 2 is 1.83 bits per heavy atom. The molecule has 0 aromatic heterocycles. The van der Waals surface area contributed by atoms with Crippen LogP contribution in [0.2, 0.25) is 0 Å². The normalized spacial score (nSPS) is 13.4. The summed E-state index contributed by atoms with van der Waals surface area (Å²) in [6.07, 6.45) is -0.679. The molecule has 1 N–H and O–H groups in total. The number of rotatable bonds is 6. The van der Waals surface area contributed by atoms with Gasteiger partial charge < -0.3 is 10.1 Å². The number of carbonyl (C=O) groups is 1. The van der Waals surface area contributed by atoms with E-state index in [2.05, 4.69) is 5.32 Å². The van der Waals surface area contributed by atoms with Crippen LogP contribution in [0.15, 0.2) is 48.5 Å². The van der Waals surface area contributed by atoms with Crippen LogP contribution in [0.3, 0.4) is 0 Å². The van der Waals surface area contributed by atoms with Gasteiger partial charge in [-0.3, -0.25) is 4.79 Å². The van der Waals surface area contributed by atoms with Crippen LogP contribution in [0.5, 0.6) is 0 Å². The Hall–Kier alpha value is -2.27. The second kappa shape index (κ2) is 7.83. The molecule has 0 bridgehead atoms. The summed E-state index contributed by atoms with van der Waals surface area (Å²) >= 11 is 0. The number of ether oxygens (including phenoxy) is 1. The summed E-state index contributed by atoms with van der Waals surface area (Å²) in [6.45, 7) is 3.58. The lowest BCUT2D eigenvalue weighted by Crippen LogP contribution is -2.36. The molecule has 2 aromatic rings. The molecule has 0 spiro atoms. The quantitative estimate of drug-likeness (QED) is 0.880. The molecule has 0 unspecified atom stereocenters. The smallest absolute Gasteiger partial charge is 0.249 e. The van der Waals surface area contributed by atoms with Crippen LogP contribution < -0.4 is 5.32 Å². The topological polar surface area (TPSA) is 38.3 Å². The maximum atomic E-state index is 13.7. The fourth-order valence-electron chi connectivity index (χ4n) is 2.13. The number of halogens is 2. The van der Waals surface area contributed by atoms with Crippen molar-refractivity contribution < 1.29 is 18.3 Å². The van der Waals surface area contributed by atoms with Gasteiger partial charge in [0.2, 0.25) is 5.91 Å². The molecule has 0 aliphatic heterocycles. The van der Waals surface area contributed by atoms with E-state index in [1.807, 2.05) is 30.3 Å². The molecule has 23 heavy (non-hydrogen) atoms. The highest BCUT2D eigenvalue weighted by Gasteiger charge is 2.19. The van der Waals surface area contributed by atoms with Gasteiger partial charge in [0.15, 0.2) is 0 Å². The highest BCUT2D eigenvalue weighted by molar-refractivity contribution is 5.80. The molecule has 0 radical (unpaired) electrons. The molecule has 5 heteroatoms. The number of carbonyl (C=O) groups excluding carboxylic acids is 1. The summed E-state index contributed by atoms with van der Waals surface area (Å²) in [5.74, 6) is -1.68. The van der Waals surface area contributed by atoms with Crippen LogP contribution in [0.25, 0.3) is 0 Å². The average molecular weight is 319 g/mol. The zero-order valence-electron chi connectivity index (χ0n) is 13.1. The first-order valence-electron chi connectivity index (χ1n) is 7.38. The van der Waals surface area contributed by atoms with Crippen molar-refractivity contribution in [3.63, 3.8) is 0 Å². The van der Waals surface area contributed by atoms with Crippen molar-refractivity contribution in [2.45, 2.75) is 32.6 Å². The molecule has 0 heterocycles. The van der Waals surface area contributed by atoms with Crippen molar-refractivity contribution in [1.29, 1.82) is 0 Å². The fourth-order valence-corrected chi connectivity index (χ4v) is 2.13. The average Bonchev–Trinajstić information content (AvgIpc) is 2.53. The van der Waals surface area contributed by atoms with E-state index in [0.717, 1.165) is 17.7 Å². The van der Waals surface area contributed by atoms with Crippen LogP contribution in [-0.2, 0) is 16.1 Å². The summed E-state index contributed by atoms with van der Waals surface area (Å²) in [4.78, 5) is 12.1. The minimum atomic E-state index is -0.685. The number of amides is 1. The molecule has 122 valence electrons. The Morgan fingerprint density at radius 3 is 2.48 bits per heavy atom. The largest absolute Gasteiger partial charge is 0.364 e. The van der Waals surface area contributed by atoms with E-state index in [9.17, 15) is 13.6 Å². The zero-order valence-corrected chi connectivity index (χ0v) is 13.1. The summed E-state index contributed by atoms with van der Waals surface area (Å²) < 4.78 is 32.1. The van der Waals surface area contributed by atoms with Gasteiger partial charge in [-0.25, -0.2) is 8.78 Å². The first kappa shape index (κ1) is 17.1. The molecule has 0 aliphatic rings. The highest BCUT2D eigenvalue weighted by Crippen LogP contribution is 2.18. The van der Waals surface area contributed by atoms with E-state index in [-0.39, 0.29) is 11.5 Å². The maximum absolute atomic E-state index is 13.7. The van der Waals surface area contributed by atoms with Gasteiger partial charge in [-0.2, -0.15) is 0 Å². The molecular weight excluding hydrogens is 300 g/mol. The zero-order chi connectivity index (χ0) is 16.8. The molecule has 2 atom stereocenters. The van der Waals surface area contributed by atoms with Crippen LogP contribution in [0, 0.1) is 11.6 Å². The predicted molar refractivity (Wildman–Crippen MR) is 83.6 cm³/mol. The Balaban J connectivity index is 1.89. The van der Waals surface area contributed by atoms with Crippen molar-refractivity contribution in [3.8, 4) is 0 Å². The monoisotopic (exact) mass is 319 g/mol. The molecule has 2 rings (SSSR count). The number of nitrogens with one attached hydrogen (secondary N) is 1. The van der Waals surface area contributed by atoms with Crippen molar-refractivity contribution in [1.82, 2.24) is 5.32 Å². The second-order valence-electron chi connectivity index (χ2n) is 5.33. The Labute approximate surface area is 134 Å². The summed E-state index contributed by atoms with van der Waals surface area (Å²) in [5.41, 5.74) is 1.19. The van der Waals surface area contributed by atoms with Crippen LogP contribution in [-0.4, -0.2) is 12.0 Å². The molecular formula is C18H19F2NO2. The third-order valence-electron chi connectivity index (χ3n) is 3.50. The molecule has 1 amide bonds. The van der Waals surface area contributed by atoms with Gasteiger partial charge >= 0.3 is 0 Å². The highest BCUT2D eigenvalue weighted by atomic mass is 19.1. The van der Waals surface area contributed by atoms with Gasteiger partial charge in [-0.05, 0) is 25.5 Å². The third-order valence-corrected chi connectivity index (χ3v) is 3.50. The SMILES string of the molecule is C[C@H](OCc1ccccc1)C(=O)N[C@@H](C)c1ccc(F)cc1F. The van der Waals surface area contributed by atoms with Crippen molar-refractivity contribution >= 4 is 5.91 Å². The number of benzene rings is 2. The van der Waals surface area contributed by atoms with Crippen molar-refractivity contribution in [2.75, 3.05) is 0 Å². The van der Waals surface area contributed by atoms with Crippen molar-refractivity contribution in [3.05, 3.63) is 71.3 Å². The third kappa shape index (κ3) is 4.86. The molecule has 0 saturated carbocycles. The minimum absolute atomic E-state index is 0.231. The van der Waals surface area contributed by atoms with E-state index < -0.39 is 23.8 Å². The Morgan fingerprint density at radius 1 is 1.13 bits per heavy atom. The fraction of sp³-hybridized carbons (Fsp3) is 0.278. The van der Waals surface area contributed by atoms with Crippen LogP contribution in [0.1, 0.15) is 31.0 Å². The van der Waals surface area contributed by atoms with Crippen LogP contribution >= 0.6 is 0 Å². The molecule has 0 fully saturated rings. The maximum Gasteiger partial charge on any atom is 0.249 e. The standard InChI is InChI=1S/C18H19F2NO2/c1-12(16-9-8-15(19)10-17(16)20)21-18(22)13(2)23-11-14-6-4-3-5-7-14/h3-10,12-13H,11H2,1-2H3,(H,21,22)/t12-,13-/m0/s1. The molecule has 2 aromatic carbocycles. The molecule has 0 saturated heterocycles. The molecule has 0 aliphatic carbocycles. The number of hydrogen-bond donors (Lipinski definition) is 1. The van der Waals surface area contributed by atoms with E-state index in [0.29, 0.717) is 6.61 Å². The lowest BCUT2D eigenvalue weighted by molar-refractivity contribution is -0.133. The van der Waals surface area contributed by atoms with Gasteiger partial charge in [0.05, 0.1) is 12.6 Å². The van der Waals surface area contributed by atoms with Crippen LogP contribution in [0.4, 0.5) is 8.78 Å². The van der Waals surface area contributed by atoms with E-state index >= 15 is 0 Å². The van der Waals surface area contributed by atoms with Gasteiger partial charge in [-0.15, -0.1) is 0 Å². The van der Waals surface area contributed by atoms with Crippen molar-refractivity contribution in [2.24, 2.45) is 0 Å². The van der Waals surface area contributed by atoms with Gasteiger partial charge in [0.1, 0.15) is 17.7 Å². The Bertz CT molecular complexity index is 661. The predicted octanol–water partition coefficient (Wildman–Crippen LogP) is 3.75. The lowest BCUT2D eigenvalue weighted by Gasteiger charge is -2.19. The number of hydrogen-bond acceptors (Lipinski definition) is 2. The first-order chi connectivity index (χ1) is 11.0. The summed E-state index contributed by atoms with van der Waals surface area (Å²) in [6, 6.07) is 12.2. The Kier molecular flexibility index (Phi) is 5.82. The minimum Gasteiger partial charge on any atom is -0.364 e. The summed E-state index contributed by atoms with van der Waals surface area (Å²) in [7, 11) is 0. The molecule has 3 nitrogen and oxygen atoms in total. The van der Waals surface area contributed by atoms with E-state index in [1.54, 1.807) is 13.8 Å². The van der Waals surface area contributed by atoms with Gasteiger partial charge in [0.25, 0.3) is 0 Å². The first-order valence-corrected chi connectivity index (χ1v) is 7.38.